The van der Waals surface area contributed by atoms with Gasteiger partial charge in [-0.05, 0) is 40.9 Å². The summed E-state index contributed by atoms with van der Waals surface area (Å²) in [6.45, 7) is 0.801. The van der Waals surface area contributed by atoms with Gasteiger partial charge in [-0.3, -0.25) is 0 Å². The molecule has 0 spiro atoms. The first-order valence-corrected chi connectivity index (χ1v) is 7.25. The lowest BCUT2D eigenvalue weighted by atomic mass is 9.74. The Morgan fingerprint density at radius 3 is 2.61 bits per heavy atom. The Morgan fingerprint density at radius 1 is 1.28 bits per heavy atom. The van der Waals surface area contributed by atoms with Gasteiger partial charge in [0, 0.05) is 16.4 Å². The number of rotatable bonds is 4. The first kappa shape index (κ1) is 13.8. The first-order valence-electron chi connectivity index (χ1n) is 6.46. The Bertz CT molecular complexity index is 385. The van der Waals surface area contributed by atoms with Gasteiger partial charge in [0.05, 0.1) is 12.3 Å². The molecule has 0 heterocycles. The molecule has 2 nitrogen and oxygen atoms in total. The fourth-order valence-electron chi connectivity index (χ4n) is 2.64. The molecule has 0 aromatic heterocycles. The fraction of sp³-hybridized carbons (Fsp3) is 0.571. The van der Waals surface area contributed by atoms with Crippen LogP contribution in [0, 0.1) is 11.2 Å². The van der Waals surface area contributed by atoms with Crippen LogP contribution in [0.25, 0.3) is 0 Å². The van der Waals surface area contributed by atoms with Gasteiger partial charge >= 0.3 is 0 Å². The molecule has 1 aliphatic rings. The van der Waals surface area contributed by atoms with Crippen LogP contribution in [0.15, 0.2) is 22.7 Å². The van der Waals surface area contributed by atoms with E-state index in [1.807, 2.05) is 6.07 Å². The van der Waals surface area contributed by atoms with Crippen LogP contribution < -0.4 is 5.32 Å². The molecular weight excluding hydrogens is 297 g/mol. The molecule has 1 saturated carbocycles. The van der Waals surface area contributed by atoms with Crippen LogP contribution in [0.1, 0.15) is 32.1 Å². The molecule has 0 radical (unpaired) electrons. The Labute approximate surface area is 116 Å². The molecule has 0 atom stereocenters. The van der Waals surface area contributed by atoms with E-state index in [0.717, 1.165) is 30.2 Å². The van der Waals surface area contributed by atoms with Crippen molar-refractivity contribution in [2.24, 2.45) is 5.41 Å². The number of nitrogens with one attached hydrogen (secondary N) is 1. The molecule has 0 aliphatic heterocycles. The molecule has 0 unspecified atom stereocenters. The van der Waals surface area contributed by atoms with Gasteiger partial charge in [-0.1, -0.05) is 25.3 Å². The van der Waals surface area contributed by atoms with Crippen molar-refractivity contribution in [3.63, 3.8) is 0 Å². The lowest BCUT2D eigenvalue weighted by Gasteiger charge is -2.36. The molecule has 2 rings (SSSR count). The quantitative estimate of drug-likeness (QED) is 0.882. The van der Waals surface area contributed by atoms with E-state index in [4.69, 9.17) is 0 Å². The number of halogens is 2. The highest BCUT2D eigenvalue weighted by atomic mass is 79.9. The normalized spacial score (nSPS) is 18.6. The maximum Gasteiger partial charge on any atom is 0.147 e. The Balaban J connectivity index is 2.05. The largest absolute Gasteiger partial charge is 0.396 e. The maximum absolute atomic E-state index is 13.7. The Morgan fingerprint density at radius 2 is 2.00 bits per heavy atom. The third-order valence-corrected chi connectivity index (χ3v) is 4.51. The third-order valence-electron chi connectivity index (χ3n) is 3.85. The summed E-state index contributed by atoms with van der Waals surface area (Å²) in [5, 5.41) is 12.8. The van der Waals surface area contributed by atoms with Gasteiger partial charge in [-0.15, -0.1) is 0 Å². The second kappa shape index (κ2) is 6.02. The molecule has 2 N–H and O–H groups in total. The molecule has 0 amide bonds. The van der Waals surface area contributed by atoms with Crippen LogP contribution in [0.3, 0.4) is 0 Å². The third kappa shape index (κ3) is 3.04. The molecule has 1 fully saturated rings. The van der Waals surface area contributed by atoms with Crippen molar-refractivity contribution in [2.45, 2.75) is 32.1 Å². The average Bonchev–Trinajstić information content (AvgIpc) is 2.39. The van der Waals surface area contributed by atoms with Gasteiger partial charge in [-0.2, -0.15) is 0 Å². The topological polar surface area (TPSA) is 32.3 Å². The van der Waals surface area contributed by atoms with E-state index < -0.39 is 0 Å². The van der Waals surface area contributed by atoms with Crippen LogP contribution in [-0.4, -0.2) is 18.3 Å². The van der Waals surface area contributed by atoms with E-state index in [9.17, 15) is 9.50 Å². The standard InChI is InChI=1S/C14H19BrFNO/c15-11-5-4-6-12(16)13(11)17-9-14(10-18)7-2-1-3-8-14/h4-6,17-18H,1-3,7-10H2. The van der Waals surface area contributed by atoms with Crippen LogP contribution in [0.4, 0.5) is 10.1 Å². The molecule has 0 bridgehead atoms. The Kier molecular flexibility index (Phi) is 4.62. The van der Waals surface area contributed by atoms with Crippen molar-refractivity contribution in [3.05, 3.63) is 28.5 Å². The van der Waals surface area contributed by atoms with E-state index in [-0.39, 0.29) is 17.8 Å². The number of hydrogen-bond acceptors (Lipinski definition) is 2. The van der Waals surface area contributed by atoms with E-state index in [1.54, 1.807) is 6.07 Å². The highest BCUT2D eigenvalue weighted by molar-refractivity contribution is 9.10. The van der Waals surface area contributed by atoms with Gasteiger partial charge < -0.3 is 10.4 Å². The number of hydrogen-bond donors (Lipinski definition) is 2. The van der Waals surface area contributed by atoms with E-state index in [1.165, 1.54) is 12.5 Å². The number of anilines is 1. The summed E-state index contributed by atoms with van der Waals surface area (Å²) >= 11 is 3.35. The zero-order chi connectivity index (χ0) is 13.0. The van der Waals surface area contributed by atoms with Gasteiger partial charge in [0.1, 0.15) is 5.82 Å². The summed E-state index contributed by atoms with van der Waals surface area (Å²) in [7, 11) is 0. The summed E-state index contributed by atoms with van der Waals surface area (Å²) in [5.41, 5.74) is 0.413. The van der Waals surface area contributed by atoms with Gasteiger partial charge in [0.15, 0.2) is 0 Å². The second-order valence-electron chi connectivity index (χ2n) is 5.17. The van der Waals surface area contributed by atoms with Crippen LogP contribution in [0.2, 0.25) is 0 Å². The van der Waals surface area contributed by atoms with Crippen molar-refractivity contribution in [1.29, 1.82) is 0 Å². The van der Waals surface area contributed by atoms with Crippen molar-refractivity contribution >= 4 is 21.6 Å². The summed E-state index contributed by atoms with van der Waals surface area (Å²) in [4.78, 5) is 0. The molecule has 18 heavy (non-hydrogen) atoms. The minimum atomic E-state index is -0.256. The zero-order valence-corrected chi connectivity index (χ0v) is 12.0. The number of para-hydroxylation sites is 1. The highest BCUT2D eigenvalue weighted by Gasteiger charge is 2.31. The second-order valence-corrected chi connectivity index (χ2v) is 6.02. The monoisotopic (exact) mass is 315 g/mol. The first-order chi connectivity index (χ1) is 8.67. The molecule has 1 aromatic carbocycles. The lowest BCUT2D eigenvalue weighted by Crippen LogP contribution is -2.35. The van der Waals surface area contributed by atoms with Crippen molar-refractivity contribution in [2.75, 3.05) is 18.5 Å². The molecular formula is C14H19BrFNO. The maximum atomic E-state index is 13.7. The van der Waals surface area contributed by atoms with Gasteiger partial charge in [0.2, 0.25) is 0 Å². The minimum Gasteiger partial charge on any atom is -0.396 e. The Hall–Kier alpha value is -0.610. The number of aliphatic hydroxyl groups excluding tert-OH is 1. The molecule has 0 saturated heterocycles. The lowest BCUT2D eigenvalue weighted by molar-refractivity contribution is 0.0943. The smallest absolute Gasteiger partial charge is 0.147 e. The van der Waals surface area contributed by atoms with Crippen molar-refractivity contribution < 1.29 is 9.50 Å². The molecule has 1 aromatic rings. The van der Waals surface area contributed by atoms with Crippen molar-refractivity contribution in [1.82, 2.24) is 0 Å². The van der Waals surface area contributed by atoms with E-state index in [2.05, 4.69) is 21.2 Å². The van der Waals surface area contributed by atoms with Crippen molar-refractivity contribution in [3.8, 4) is 0 Å². The average molecular weight is 316 g/mol. The summed E-state index contributed by atoms with van der Waals surface area (Å²) in [6, 6.07) is 4.94. The zero-order valence-electron chi connectivity index (χ0n) is 10.4. The molecule has 1 aliphatic carbocycles. The number of benzene rings is 1. The highest BCUT2D eigenvalue weighted by Crippen LogP contribution is 2.37. The molecule has 100 valence electrons. The minimum absolute atomic E-state index is 0.0834. The molecule has 4 heteroatoms. The predicted octanol–water partition coefficient (Wildman–Crippen LogP) is 3.94. The summed E-state index contributed by atoms with van der Waals surface area (Å²) < 4.78 is 14.4. The number of aliphatic hydroxyl groups is 1. The van der Waals surface area contributed by atoms with E-state index >= 15 is 0 Å². The van der Waals surface area contributed by atoms with Crippen LogP contribution >= 0.6 is 15.9 Å². The fourth-order valence-corrected chi connectivity index (χ4v) is 3.12. The van der Waals surface area contributed by atoms with Gasteiger partial charge in [-0.25, -0.2) is 4.39 Å². The van der Waals surface area contributed by atoms with E-state index in [0.29, 0.717) is 12.2 Å². The summed E-state index contributed by atoms with van der Waals surface area (Å²) in [5.74, 6) is -0.256. The van der Waals surface area contributed by atoms with Crippen LogP contribution in [0.5, 0.6) is 0 Å². The van der Waals surface area contributed by atoms with Crippen LogP contribution in [-0.2, 0) is 0 Å². The van der Waals surface area contributed by atoms with Gasteiger partial charge in [0.25, 0.3) is 0 Å². The summed E-state index contributed by atoms with van der Waals surface area (Å²) in [6.07, 6.45) is 5.58. The SMILES string of the molecule is OCC1(CNc2c(F)cccc2Br)CCCCC1. The predicted molar refractivity (Wildman–Crippen MR) is 75.2 cm³/mol.